The molecule has 0 bridgehead atoms. The highest BCUT2D eigenvalue weighted by atomic mass is 16.5. The summed E-state index contributed by atoms with van der Waals surface area (Å²) in [6.45, 7) is 14.1. The number of carbonyl (C=O) groups is 1. The number of nitrogens with zero attached hydrogens (tertiary/aromatic N) is 1. The van der Waals surface area contributed by atoms with Crippen LogP contribution in [0.1, 0.15) is 48.0 Å². The van der Waals surface area contributed by atoms with E-state index in [1.54, 1.807) is 0 Å². The first-order chi connectivity index (χ1) is 8.30. The van der Waals surface area contributed by atoms with Crippen LogP contribution in [0.2, 0.25) is 0 Å². The molecule has 0 aliphatic heterocycles. The van der Waals surface area contributed by atoms with Crippen LogP contribution < -0.4 is 5.32 Å². The van der Waals surface area contributed by atoms with Gasteiger partial charge in [0.15, 0.2) is 0 Å². The molecule has 0 aromatic rings. The lowest BCUT2D eigenvalue weighted by atomic mass is 9.99. The van der Waals surface area contributed by atoms with Crippen LogP contribution in [-0.4, -0.2) is 48.7 Å². The molecule has 4 heteroatoms. The molecule has 108 valence electrons. The summed E-state index contributed by atoms with van der Waals surface area (Å²) in [5, 5.41) is 3.33. The molecule has 0 spiro atoms. The number of hydrogen-bond acceptors (Lipinski definition) is 4. The molecule has 4 nitrogen and oxygen atoms in total. The highest BCUT2D eigenvalue weighted by Crippen LogP contribution is 2.14. The van der Waals surface area contributed by atoms with Crippen LogP contribution in [0.15, 0.2) is 0 Å². The molecular weight excluding hydrogens is 228 g/mol. The fraction of sp³-hybridized carbons (Fsp3) is 0.929. The number of methoxy groups -OCH3 is 1. The first kappa shape index (κ1) is 17.4. The average molecular weight is 258 g/mol. The zero-order valence-corrected chi connectivity index (χ0v) is 13.0. The molecule has 2 unspecified atom stereocenters. The van der Waals surface area contributed by atoms with Crippen molar-refractivity contribution in [1.29, 1.82) is 0 Å². The topological polar surface area (TPSA) is 41.6 Å². The summed E-state index contributed by atoms with van der Waals surface area (Å²) >= 11 is 0. The first-order valence-corrected chi connectivity index (χ1v) is 6.90. The minimum Gasteiger partial charge on any atom is -0.468 e. The van der Waals surface area contributed by atoms with Gasteiger partial charge in [-0.25, -0.2) is 0 Å². The molecule has 0 saturated carbocycles. The van der Waals surface area contributed by atoms with E-state index in [1.165, 1.54) is 7.11 Å². The molecular formula is C14H30N2O2. The molecule has 0 amide bonds. The van der Waals surface area contributed by atoms with Crippen LogP contribution in [0, 0.1) is 0 Å². The van der Waals surface area contributed by atoms with Gasteiger partial charge >= 0.3 is 5.97 Å². The molecule has 0 fully saturated rings. The predicted octanol–water partition coefficient (Wildman–Crippen LogP) is 2.04. The fourth-order valence-electron chi connectivity index (χ4n) is 2.28. The van der Waals surface area contributed by atoms with Crippen molar-refractivity contribution in [1.82, 2.24) is 10.2 Å². The summed E-state index contributed by atoms with van der Waals surface area (Å²) < 4.78 is 4.95. The summed E-state index contributed by atoms with van der Waals surface area (Å²) in [6, 6.07) is 0.706. The van der Waals surface area contributed by atoms with Gasteiger partial charge < -0.3 is 4.74 Å². The van der Waals surface area contributed by atoms with E-state index in [4.69, 9.17) is 4.74 Å². The van der Waals surface area contributed by atoms with Crippen LogP contribution in [-0.2, 0) is 9.53 Å². The van der Waals surface area contributed by atoms with E-state index in [2.05, 4.69) is 31.0 Å². The van der Waals surface area contributed by atoms with Gasteiger partial charge in [0.2, 0.25) is 0 Å². The molecule has 1 N–H and O–H groups in total. The highest BCUT2D eigenvalue weighted by Gasteiger charge is 2.37. The minimum absolute atomic E-state index is 0.196. The maximum atomic E-state index is 12.0. The van der Waals surface area contributed by atoms with Crippen LogP contribution in [0.5, 0.6) is 0 Å². The lowest BCUT2D eigenvalue weighted by molar-refractivity contribution is -0.149. The Morgan fingerprint density at radius 1 is 1.33 bits per heavy atom. The van der Waals surface area contributed by atoms with Crippen molar-refractivity contribution >= 4 is 5.97 Å². The second kappa shape index (κ2) is 7.74. The van der Waals surface area contributed by atoms with Crippen LogP contribution in [0.3, 0.4) is 0 Å². The summed E-state index contributed by atoms with van der Waals surface area (Å²) in [5.74, 6) is -0.196. The molecule has 0 aliphatic rings. The van der Waals surface area contributed by atoms with E-state index in [9.17, 15) is 4.79 Å². The van der Waals surface area contributed by atoms with E-state index >= 15 is 0 Å². The monoisotopic (exact) mass is 258 g/mol. The lowest BCUT2D eigenvalue weighted by Gasteiger charge is -2.37. The average Bonchev–Trinajstić information content (AvgIpc) is 2.32. The Bertz CT molecular complexity index is 256. The normalized spacial score (nSPS) is 16.7. The molecule has 0 radical (unpaired) electrons. The predicted molar refractivity (Wildman–Crippen MR) is 75.7 cm³/mol. The van der Waals surface area contributed by atoms with E-state index < -0.39 is 5.54 Å². The van der Waals surface area contributed by atoms with Gasteiger partial charge in [-0.3, -0.25) is 15.0 Å². The SMILES string of the molecule is CCC(C)N(CC)CC(C)(NC(C)C)C(=O)OC. The Morgan fingerprint density at radius 2 is 1.89 bits per heavy atom. The summed E-state index contributed by atoms with van der Waals surface area (Å²) in [5.41, 5.74) is -0.650. The third kappa shape index (κ3) is 4.94. The number of carbonyl (C=O) groups excluding carboxylic acids is 1. The van der Waals surface area contributed by atoms with E-state index in [0.29, 0.717) is 12.6 Å². The second-order valence-corrected chi connectivity index (χ2v) is 5.44. The van der Waals surface area contributed by atoms with Gasteiger partial charge in [-0.15, -0.1) is 0 Å². The smallest absolute Gasteiger partial charge is 0.327 e. The Balaban J connectivity index is 4.91. The number of hydrogen-bond donors (Lipinski definition) is 1. The molecule has 0 aromatic heterocycles. The summed E-state index contributed by atoms with van der Waals surface area (Å²) in [7, 11) is 1.45. The summed E-state index contributed by atoms with van der Waals surface area (Å²) in [4.78, 5) is 14.3. The van der Waals surface area contributed by atoms with Gasteiger partial charge in [0.05, 0.1) is 7.11 Å². The summed E-state index contributed by atoms with van der Waals surface area (Å²) in [6.07, 6.45) is 1.08. The number of rotatable bonds is 8. The van der Waals surface area contributed by atoms with Gasteiger partial charge in [-0.2, -0.15) is 0 Å². The Hall–Kier alpha value is -0.610. The number of ether oxygens (including phenoxy) is 1. The minimum atomic E-state index is -0.650. The molecule has 2 atom stereocenters. The molecule has 0 rings (SSSR count). The molecule has 0 aliphatic carbocycles. The van der Waals surface area contributed by atoms with Gasteiger partial charge in [0, 0.05) is 18.6 Å². The number of nitrogens with one attached hydrogen (secondary N) is 1. The zero-order valence-electron chi connectivity index (χ0n) is 13.0. The molecule has 18 heavy (non-hydrogen) atoms. The largest absolute Gasteiger partial charge is 0.468 e. The Labute approximate surface area is 112 Å². The zero-order chi connectivity index (χ0) is 14.3. The maximum absolute atomic E-state index is 12.0. The van der Waals surface area contributed by atoms with Crippen molar-refractivity contribution < 1.29 is 9.53 Å². The highest BCUT2D eigenvalue weighted by molar-refractivity contribution is 5.80. The van der Waals surface area contributed by atoms with Crippen molar-refractivity contribution in [3.8, 4) is 0 Å². The molecule has 0 saturated heterocycles. The van der Waals surface area contributed by atoms with Gasteiger partial charge in [-0.05, 0) is 40.7 Å². The molecule has 0 aromatic carbocycles. The van der Waals surface area contributed by atoms with Crippen molar-refractivity contribution in [2.24, 2.45) is 0 Å². The number of esters is 1. The third-order valence-corrected chi connectivity index (χ3v) is 3.38. The quantitative estimate of drug-likeness (QED) is 0.677. The fourth-order valence-corrected chi connectivity index (χ4v) is 2.28. The second-order valence-electron chi connectivity index (χ2n) is 5.44. The lowest BCUT2D eigenvalue weighted by Crippen LogP contribution is -2.60. The third-order valence-electron chi connectivity index (χ3n) is 3.38. The van der Waals surface area contributed by atoms with Crippen LogP contribution in [0.25, 0.3) is 0 Å². The van der Waals surface area contributed by atoms with Gasteiger partial charge in [0.25, 0.3) is 0 Å². The van der Waals surface area contributed by atoms with Crippen molar-refractivity contribution in [3.63, 3.8) is 0 Å². The van der Waals surface area contributed by atoms with Crippen LogP contribution in [0.4, 0.5) is 0 Å². The molecule has 0 heterocycles. The van der Waals surface area contributed by atoms with Gasteiger partial charge in [-0.1, -0.05) is 13.8 Å². The van der Waals surface area contributed by atoms with E-state index in [-0.39, 0.29) is 12.0 Å². The van der Waals surface area contributed by atoms with Crippen molar-refractivity contribution in [2.75, 3.05) is 20.2 Å². The van der Waals surface area contributed by atoms with E-state index in [1.807, 2.05) is 20.8 Å². The Kier molecular flexibility index (Phi) is 7.48. The van der Waals surface area contributed by atoms with Crippen LogP contribution >= 0.6 is 0 Å². The van der Waals surface area contributed by atoms with Crippen molar-refractivity contribution in [3.05, 3.63) is 0 Å². The maximum Gasteiger partial charge on any atom is 0.327 e. The number of likely N-dealkylation sites (N-methyl/N-ethyl adjacent to an activating group) is 1. The Morgan fingerprint density at radius 3 is 2.22 bits per heavy atom. The standard InChI is InChI=1S/C14H30N2O2/c1-8-12(5)16(9-2)10-14(6,13(17)18-7)15-11(3)4/h11-12,15H,8-10H2,1-7H3. The van der Waals surface area contributed by atoms with E-state index in [0.717, 1.165) is 13.0 Å². The van der Waals surface area contributed by atoms with Crippen molar-refractivity contribution in [2.45, 2.75) is 65.6 Å². The van der Waals surface area contributed by atoms with Gasteiger partial charge in [0.1, 0.15) is 5.54 Å². The first-order valence-electron chi connectivity index (χ1n) is 6.90.